The van der Waals surface area contributed by atoms with E-state index in [1.165, 1.54) is 18.4 Å². The maximum Gasteiger partial charge on any atom is 0.110 e. The number of H-pyrrole nitrogens is 1. The van der Waals surface area contributed by atoms with E-state index in [1.54, 1.807) is 0 Å². The highest BCUT2D eigenvalue weighted by atomic mass is 35.5. The van der Waals surface area contributed by atoms with Gasteiger partial charge in [0.2, 0.25) is 0 Å². The number of piperidine rings is 1. The summed E-state index contributed by atoms with van der Waals surface area (Å²) in [5.41, 5.74) is 3.59. The van der Waals surface area contributed by atoms with Gasteiger partial charge in [-0.05, 0) is 62.2 Å². The zero-order valence-corrected chi connectivity index (χ0v) is 14.5. The Balaban J connectivity index is 1.32. The normalized spacial score (nSPS) is 16.7. The summed E-state index contributed by atoms with van der Waals surface area (Å²) in [6, 6.07) is 16.5. The molecule has 1 aromatic heterocycles. The first-order chi connectivity index (χ1) is 11.8. The number of aromatic amines is 1. The summed E-state index contributed by atoms with van der Waals surface area (Å²) in [6.45, 7) is 3.42. The van der Waals surface area contributed by atoms with E-state index in [0.29, 0.717) is 5.92 Å². The molecule has 4 rings (SSSR count). The molecule has 3 nitrogen and oxygen atoms in total. The summed E-state index contributed by atoms with van der Waals surface area (Å²) >= 11 is 5.94. The van der Waals surface area contributed by atoms with Crippen LogP contribution in [0.4, 0.5) is 0 Å². The molecule has 0 unspecified atom stereocenters. The Bertz CT molecular complexity index is 768. The highest BCUT2D eigenvalue weighted by Gasteiger charge is 2.22. The summed E-state index contributed by atoms with van der Waals surface area (Å²) in [7, 11) is 0. The highest BCUT2D eigenvalue weighted by molar-refractivity contribution is 6.30. The molecular weight excluding hydrogens is 318 g/mol. The molecule has 0 spiro atoms. The predicted octanol–water partition coefficient (Wildman–Crippen LogP) is 4.64. The van der Waals surface area contributed by atoms with Crippen LogP contribution in [0.15, 0.2) is 48.5 Å². The van der Waals surface area contributed by atoms with Crippen LogP contribution < -0.4 is 0 Å². The molecule has 0 radical (unpaired) electrons. The van der Waals surface area contributed by atoms with Crippen LogP contribution in [-0.4, -0.2) is 34.5 Å². The van der Waals surface area contributed by atoms with Gasteiger partial charge in [0, 0.05) is 17.5 Å². The largest absolute Gasteiger partial charge is 0.342 e. The lowest BCUT2D eigenvalue weighted by atomic mass is 9.96. The number of likely N-dealkylation sites (tertiary alicyclic amines) is 1. The van der Waals surface area contributed by atoms with Gasteiger partial charge in [0.25, 0.3) is 0 Å². The molecule has 1 saturated heterocycles. The van der Waals surface area contributed by atoms with Crippen LogP contribution >= 0.6 is 11.6 Å². The number of para-hydroxylation sites is 2. The van der Waals surface area contributed by atoms with E-state index in [4.69, 9.17) is 16.6 Å². The molecule has 1 aliphatic heterocycles. The van der Waals surface area contributed by atoms with Gasteiger partial charge in [-0.3, -0.25) is 0 Å². The smallest absolute Gasteiger partial charge is 0.110 e. The Labute approximate surface area is 147 Å². The van der Waals surface area contributed by atoms with Crippen molar-refractivity contribution in [3.63, 3.8) is 0 Å². The number of halogens is 1. The molecule has 1 N–H and O–H groups in total. The van der Waals surface area contributed by atoms with Crippen LogP contribution in [0.2, 0.25) is 5.02 Å². The van der Waals surface area contributed by atoms with Gasteiger partial charge in [-0.1, -0.05) is 35.9 Å². The lowest BCUT2D eigenvalue weighted by Crippen LogP contribution is -2.34. The second-order valence-corrected chi connectivity index (χ2v) is 7.07. The van der Waals surface area contributed by atoms with Crippen molar-refractivity contribution in [1.82, 2.24) is 14.9 Å². The summed E-state index contributed by atoms with van der Waals surface area (Å²) in [6.07, 6.45) is 3.45. The van der Waals surface area contributed by atoms with Gasteiger partial charge >= 0.3 is 0 Å². The van der Waals surface area contributed by atoms with E-state index in [1.807, 2.05) is 18.2 Å². The minimum Gasteiger partial charge on any atom is -0.342 e. The minimum atomic E-state index is 0.559. The molecule has 24 heavy (non-hydrogen) atoms. The minimum absolute atomic E-state index is 0.559. The van der Waals surface area contributed by atoms with Crippen LogP contribution in [0.1, 0.15) is 30.1 Å². The van der Waals surface area contributed by atoms with Crippen molar-refractivity contribution in [2.45, 2.75) is 25.2 Å². The zero-order chi connectivity index (χ0) is 16.4. The van der Waals surface area contributed by atoms with Gasteiger partial charge in [-0.2, -0.15) is 0 Å². The average molecular weight is 340 g/mol. The molecule has 4 heteroatoms. The number of nitrogens with one attached hydrogen (secondary N) is 1. The van der Waals surface area contributed by atoms with Crippen molar-refractivity contribution in [3.05, 3.63) is 64.9 Å². The summed E-state index contributed by atoms with van der Waals surface area (Å²) in [5, 5.41) is 0.811. The Kier molecular flexibility index (Phi) is 4.54. The molecule has 2 heterocycles. The fourth-order valence-corrected chi connectivity index (χ4v) is 3.66. The Hall–Kier alpha value is -1.84. The van der Waals surface area contributed by atoms with E-state index < -0.39 is 0 Å². The van der Waals surface area contributed by atoms with Gasteiger partial charge in [-0.15, -0.1) is 0 Å². The van der Waals surface area contributed by atoms with Gasteiger partial charge in [0.05, 0.1) is 11.0 Å². The Morgan fingerprint density at radius 1 is 1.04 bits per heavy atom. The molecule has 0 amide bonds. The quantitative estimate of drug-likeness (QED) is 0.751. The number of hydrogen-bond acceptors (Lipinski definition) is 2. The maximum atomic E-state index is 5.94. The molecule has 1 aliphatic rings. The first-order valence-electron chi connectivity index (χ1n) is 8.69. The van der Waals surface area contributed by atoms with Crippen LogP contribution in [0.5, 0.6) is 0 Å². The summed E-state index contributed by atoms with van der Waals surface area (Å²) in [4.78, 5) is 10.8. The lowest BCUT2D eigenvalue weighted by molar-refractivity contribution is 0.212. The van der Waals surface area contributed by atoms with E-state index in [2.05, 4.69) is 40.2 Å². The van der Waals surface area contributed by atoms with Crippen molar-refractivity contribution >= 4 is 22.6 Å². The second-order valence-electron chi connectivity index (χ2n) is 6.63. The van der Waals surface area contributed by atoms with E-state index >= 15 is 0 Å². The van der Waals surface area contributed by atoms with Gasteiger partial charge in [0.1, 0.15) is 5.82 Å². The van der Waals surface area contributed by atoms with Crippen molar-refractivity contribution in [2.75, 3.05) is 19.6 Å². The topological polar surface area (TPSA) is 31.9 Å². The molecule has 1 fully saturated rings. The number of benzene rings is 2. The van der Waals surface area contributed by atoms with E-state index in [0.717, 1.165) is 47.9 Å². The fourth-order valence-electron chi connectivity index (χ4n) is 3.53. The predicted molar refractivity (Wildman–Crippen MR) is 99.7 cm³/mol. The molecule has 124 valence electrons. The Morgan fingerprint density at radius 3 is 2.54 bits per heavy atom. The number of fused-ring (bicyclic) bond motifs is 1. The van der Waals surface area contributed by atoms with Crippen molar-refractivity contribution in [2.24, 2.45) is 0 Å². The number of nitrogens with zero attached hydrogens (tertiary/aromatic N) is 2. The fraction of sp³-hybridized carbons (Fsp3) is 0.350. The van der Waals surface area contributed by atoms with E-state index in [-0.39, 0.29) is 0 Å². The molecule has 0 saturated carbocycles. The van der Waals surface area contributed by atoms with E-state index in [9.17, 15) is 0 Å². The van der Waals surface area contributed by atoms with Crippen molar-refractivity contribution < 1.29 is 0 Å². The van der Waals surface area contributed by atoms with Gasteiger partial charge in [0.15, 0.2) is 0 Å². The first kappa shape index (κ1) is 15.7. The summed E-state index contributed by atoms with van der Waals surface area (Å²) in [5.74, 6) is 1.72. The molecule has 2 aromatic carbocycles. The number of hydrogen-bond donors (Lipinski definition) is 1. The van der Waals surface area contributed by atoms with Gasteiger partial charge in [-0.25, -0.2) is 4.98 Å². The van der Waals surface area contributed by atoms with Crippen LogP contribution in [0.25, 0.3) is 11.0 Å². The van der Waals surface area contributed by atoms with Crippen LogP contribution in [0.3, 0.4) is 0 Å². The van der Waals surface area contributed by atoms with Gasteiger partial charge < -0.3 is 9.88 Å². The average Bonchev–Trinajstić information content (AvgIpc) is 3.06. The van der Waals surface area contributed by atoms with Crippen molar-refractivity contribution in [1.29, 1.82) is 0 Å². The van der Waals surface area contributed by atoms with Crippen LogP contribution in [0, 0.1) is 0 Å². The molecule has 0 aliphatic carbocycles. The third kappa shape index (κ3) is 3.47. The second kappa shape index (κ2) is 6.96. The zero-order valence-electron chi connectivity index (χ0n) is 13.7. The number of rotatable bonds is 4. The lowest BCUT2D eigenvalue weighted by Gasteiger charge is -2.31. The Morgan fingerprint density at radius 2 is 1.79 bits per heavy atom. The summed E-state index contributed by atoms with van der Waals surface area (Å²) < 4.78 is 0. The maximum absolute atomic E-state index is 5.94. The third-order valence-electron chi connectivity index (χ3n) is 5.01. The highest BCUT2D eigenvalue weighted by Crippen LogP contribution is 2.27. The SMILES string of the molecule is Clc1ccc(CCN2CCC(c3nc4ccccc4[nH]3)CC2)cc1. The molecule has 3 aromatic rings. The molecule has 0 bridgehead atoms. The van der Waals surface area contributed by atoms with Crippen molar-refractivity contribution in [3.8, 4) is 0 Å². The monoisotopic (exact) mass is 339 g/mol. The molecular formula is C20H22ClN3. The standard InChI is InChI=1S/C20H22ClN3/c21-17-7-5-15(6-8-17)9-12-24-13-10-16(11-14-24)20-22-18-3-1-2-4-19(18)23-20/h1-8,16H,9-14H2,(H,22,23). The molecule has 0 atom stereocenters. The first-order valence-corrected chi connectivity index (χ1v) is 9.07. The van der Waals surface area contributed by atoms with Crippen LogP contribution in [-0.2, 0) is 6.42 Å². The number of aromatic nitrogens is 2. The number of imidazole rings is 1. The third-order valence-corrected chi connectivity index (χ3v) is 5.26.